The first-order valence-electron chi connectivity index (χ1n) is 8.46. The van der Waals surface area contributed by atoms with Gasteiger partial charge in [0, 0.05) is 12.1 Å². The number of H-pyrrole nitrogens is 1. The van der Waals surface area contributed by atoms with Gasteiger partial charge >= 0.3 is 0 Å². The lowest BCUT2D eigenvalue weighted by Gasteiger charge is -2.06. The Balaban J connectivity index is 1.50. The fraction of sp³-hybridized carbons (Fsp3) is 0.150. The number of anilines is 1. The summed E-state index contributed by atoms with van der Waals surface area (Å²) in [6.07, 6.45) is 2.42. The SMILES string of the molecule is COc1ccc(CCNc2ncnc3nc(-c4ccccc4)[nH]c23)cc1. The quantitative estimate of drug-likeness (QED) is 0.557. The fourth-order valence-corrected chi connectivity index (χ4v) is 2.81. The first kappa shape index (κ1) is 16.1. The van der Waals surface area contributed by atoms with E-state index in [0.717, 1.165) is 41.4 Å². The van der Waals surface area contributed by atoms with Crippen LogP contribution in [0.3, 0.4) is 0 Å². The summed E-state index contributed by atoms with van der Waals surface area (Å²) in [5.74, 6) is 2.42. The Hall–Kier alpha value is -3.41. The Morgan fingerprint density at radius 3 is 2.58 bits per heavy atom. The molecule has 6 nitrogen and oxygen atoms in total. The zero-order valence-electron chi connectivity index (χ0n) is 14.4. The minimum Gasteiger partial charge on any atom is -0.497 e. The number of fused-ring (bicyclic) bond motifs is 1. The Kier molecular flexibility index (Phi) is 4.47. The number of aromatic nitrogens is 4. The number of ether oxygens (including phenoxy) is 1. The molecule has 2 heterocycles. The van der Waals surface area contributed by atoms with Gasteiger partial charge in [0.25, 0.3) is 0 Å². The average molecular weight is 345 g/mol. The summed E-state index contributed by atoms with van der Waals surface area (Å²) in [4.78, 5) is 16.5. The molecule has 0 radical (unpaired) electrons. The molecule has 0 spiro atoms. The van der Waals surface area contributed by atoms with Gasteiger partial charge in [0.2, 0.25) is 0 Å². The van der Waals surface area contributed by atoms with Crippen molar-refractivity contribution in [1.82, 2.24) is 19.9 Å². The minimum atomic E-state index is 0.658. The van der Waals surface area contributed by atoms with Crippen LogP contribution < -0.4 is 10.1 Å². The molecule has 0 saturated heterocycles. The van der Waals surface area contributed by atoms with Crippen LogP contribution in [0.1, 0.15) is 5.56 Å². The average Bonchev–Trinajstić information content (AvgIpc) is 3.14. The van der Waals surface area contributed by atoms with E-state index in [4.69, 9.17) is 4.74 Å². The Morgan fingerprint density at radius 2 is 1.81 bits per heavy atom. The van der Waals surface area contributed by atoms with Gasteiger partial charge in [-0.25, -0.2) is 15.0 Å². The predicted octanol–water partition coefficient (Wildman–Crippen LogP) is 3.68. The second-order valence-electron chi connectivity index (χ2n) is 5.90. The lowest BCUT2D eigenvalue weighted by molar-refractivity contribution is 0.414. The summed E-state index contributed by atoms with van der Waals surface area (Å²) in [7, 11) is 1.67. The van der Waals surface area contributed by atoms with E-state index in [-0.39, 0.29) is 0 Å². The molecule has 0 bridgehead atoms. The Morgan fingerprint density at radius 1 is 1.00 bits per heavy atom. The Bertz CT molecular complexity index is 996. The van der Waals surface area contributed by atoms with Crippen LogP contribution in [-0.4, -0.2) is 33.6 Å². The van der Waals surface area contributed by atoms with Crippen LogP contribution in [0.2, 0.25) is 0 Å². The van der Waals surface area contributed by atoms with Gasteiger partial charge in [-0.3, -0.25) is 0 Å². The molecule has 130 valence electrons. The van der Waals surface area contributed by atoms with Gasteiger partial charge in [-0.05, 0) is 24.1 Å². The molecule has 0 aliphatic rings. The molecule has 2 aromatic carbocycles. The number of imidazole rings is 1. The molecule has 4 rings (SSSR count). The standard InChI is InChI=1S/C20H19N5O/c1-26-16-9-7-14(8-10-16)11-12-21-19-17-20(23-13-22-19)25-18(24-17)15-5-3-2-4-6-15/h2-10,13H,11-12H2,1H3,(H2,21,22,23,24,25). The monoisotopic (exact) mass is 345 g/mol. The van der Waals surface area contributed by atoms with Crippen molar-refractivity contribution in [2.75, 3.05) is 19.0 Å². The van der Waals surface area contributed by atoms with Gasteiger partial charge in [0.15, 0.2) is 11.5 Å². The number of hydrogen-bond acceptors (Lipinski definition) is 5. The second-order valence-corrected chi connectivity index (χ2v) is 5.90. The van der Waals surface area contributed by atoms with Crippen molar-refractivity contribution in [3.63, 3.8) is 0 Å². The summed E-state index contributed by atoms with van der Waals surface area (Å²) in [5, 5.41) is 3.38. The van der Waals surface area contributed by atoms with E-state index in [1.54, 1.807) is 7.11 Å². The van der Waals surface area contributed by atoms with Crippen LogP contribution in [-0.2, 0) is 6.42 Å². The zero-order chi connectivity index (χ0) is 17.8. The third-order valence-electron chi connectivity index (χ3n) is 4.20. The summed E-state index contributed by atoms with van der Waals surface area (Å²) in [6, 6.07) is 18.1. The number of benzene rings is 2. The summed E-state index contributed by atoms with van der Waals surface area (Å²) in [5.41, 5.74) is 3.74. The van der Waals surface area contributed by atoms with Gasteiger partial charge in [-0.15, -0.1) is 0 Å². The van der Waals surface area contributed by atoms with Gasteiger partial charge in [0.05, 0.1) is 7.11 Å². The van der Waals surface area contributed by atoms with Crippen molar-refractivity contribution in [2.45, 2.75) is 6.42 Å². The smallest absolute Gasteiger partial charge is 0.183 e. The van der Waals surface area contributed by atoms with E-state index in [1.807, 2.05) is 42.5 Å². The molecule has 0 saturated carbocycles. The van der Waals surface area contributed by atoms with Crippen molar-refractivity contribution < 1.29 is 4.74 Å². The number of hydrogen-bond donors (Lipinski definition) is 2. The van der Waals surface area contributed by atoms with Gasteiger partial charge in [-0.2, -0.15) is 0 Å². The van der Waals surface area contributed by atoms with Crippen molar-refractivity contribution >= 4 is 17.0 Å². The molecule has 0 atom stereocenters. The molecular formula is C20H19N5O. The van der Waals surface area contributed by atoms with Crippen molar-refractivity contribution in [3.05, 3.63) is 66.5 Å². The zero-order valence-corrected chi connectivity index (χ0v) is 14.4. The lowest BCUT2D eigenvalue weighted by atomic mass is 10.1. The van der Waals surface area contributed by atoms with Crippen LogP contribution in [0.25, 0.3) is 22.6 Å². The summed E-state index contributed by atoms with van der Waals surface area (Å²) in [6.45, 7) is 0.762. The highest BCUT2D eigenvalue weighted by atomic mass is 16.5. The van der Waals surface area contributed by atoms with E-state index >= 15 is 0 Å². The Labute approximate surface area is 151 Å². The number of methoxy groups -OCH3 is 1. The summed E-state index contributed by atoms with van der Waals surface area (Å²) >= 11 is 0. The molecule has 0 amide bonds. The van der Waals surface area contributed by atoms with E-state index in [0.29, 0.717) is 5.65 Å². The molecule has 0 aliphatic carbocycles. The van der Waals surface area contributed by atoms with Crippen LogP contribution in [0, 0.1) is 0 Å². The van der Waals surface area contributed by atoms with Crippen LogP contribution in [0.4, 0.5) is 5.82 Å². The normalized spacial score (nSPS) is 10.8. The third-order valence-corrected chi connectivity index (χ3v) is 4.20. The number of rotatable bonds is 6. The maximum absolute atomic E-state index is 5.19. The first-order valence-corrected chi connectivity index (χ1v) is 8.46. The van der Waals surface area contributed by atoms with Gasteiger partial charge in [0.1, 0.15) is 23.4 Å². The largest absolute Gasteiger partial charge is 0.497 e. The number of nitrogens with one attached hydrogen (secondary N) is 2. The molecule has 2 N–H and O–H groups in total. The highest BCUT2D eigenvalue weighted by molar-refractivity contribution is 5.85. The minimum absolute atomic E-state index is 0.658. The highest BCUT2D eigenvalue weighted by Gasteiger charge is 2.10. The van der Waals surface area contributed by atoms with Crippen molar-refractivity contribution in [1.29, 1.82) is 0 Å². The highest BCUT2D eigenvalue weighted by Crippen LogP contribution is 2.22. The molecule has 0 fully saturated rings. The molecule has 4 aromatic rings. The summed E-state index contributed by atoms with van der Waals surface area (Å²) < 4.78 is 5.19. The van der Waals surface area contributed by atoms with Crippen LogP contribution >= 0.6 is 0 Å². The number of aromatic amines is 1. The van der Waals surface area contributed by atoms with Crippen LogP contribution in [0.15, 0.2) is 60.9 Å². The maximum atomic E-state index is 5.19. The lowest BCUT2D eigenvalue weighted by Crippen LogP contribution is -2.07. The second kappa shape index (κ2) is 7.23. The fourth-order valence-electron chi connectivity index (χ4n) is 2.81. The van der Waals surface area contributed by atoms with Gasteiger partial charge in [-0.1, -0.05) is 42.5 Å². The predicted molar refractivity (Wildman–Crippen MR) is 102 cm³/mol. The molecule has 0 unspecified atom stereocenters. The molecule has 2 aromatic heterocycles. The third kappa shape index (κ3) is 3.35. The van der Waals surface area contributed by atoms with Gasteiger partial charge < -0.3 is 15.0 Å². The topological polar surface area (TPSA) is 75.7 Å². The molecular weight excluding hydrogens is 326 g/mol. The van der Waals surface area contributed by atoms with Crippen LogP contribution in [0.5, 0.6) is 5.75 Å². The first-order chi connectivity index (χ1) is 12.8. The number of nitrogens with zero attached hydrogens (tertiary/aromatic N) is 3. The van der Waals surface area contributed by atoms with E-state index in [2.05, 4.69) is 37.4 Å². The van der Waals surface area contributed by atoms with E-state index in [1.165, 1.54) is 11.9 Å². The maximum Gasteiger partial charge on any atom is 0.183 e. The van der Waals surface area contributed by atoms with Crippen molar-refractivity contribution in [3.8, 4) is 17.1 Å². The van der Waals surface area contributed by atoms with E-state index < -0.39 is 0 Å². The van der Waals surface area contributed by atoms with E-state index in [9.17, 15) is 0 Å². The van der Waals surface area contributed by atoms with Crippen molar-refractivity contribution in [2.24, 2.45) is 0 Å². The molecule has 26 heavy (non-hydrogen) atoms. The molecule has 0 aliphatic heterocycles. The molecule has 6 heteroatoms.